The third kappa shape index (κ3) is 3.01. The van der Waals surface area contributed by atoms with E-state index in [1.54, 1.807) is 0 Å². The topological polar surface area (TPSA) is 39.2 Å². The molecule has 0 aliphatic carbocycles. The molecule has 0 N–H and O–H groups in total. The zero-order chi connectivity index (χ0) is 14.9. The van der Waals surface area contributed by atoms with E-state index in [0.717, 1.165) is 17.4 Å². The van der Waals surface area contributed by atoms with Crippen molar-refractivity contribution in [2.75, 3.05) is 7.11 Å². The van der Waals surface area contributed by atoms with Crippen molar-refractivity contribution in [2.24, 2.45) is 0 Å². The average Bonchev–Trinajstić information content (AvgIpc) is 2.86. The fourth-order valence-corrected chi connectivity index (χ4v) is 2.72. The normalized spacial score (nSPS) is 11.4. The number of esters is 1. The predicted molar refractivity (Wildman–Crippen MR) is 71.6 cm³/mol. The Labute approximate surface area is 124 Å². The Kier molecular flexibility index (Phi) is 4.14. The second-order valence-electron chi connectivity index (χ2n) is 3.72. The van der Waals surface area contributed by atoms with Crippen molar-refractivity contribution in [3.05, 3.63) is 39.3 Å². The van der Waals surface area contributed by atoms with Gasteiger partial charge in [-0.3, -0.25) is 0 Å². The summed E-state index contributed by atoms with van der Waals surface area (Å²) in [4.78, 5) is 15.2. The highest BCUT2D eigenvalue weighted by molar-refractivity contribution is 9.10. The number of hydrogen-bond acceptors (Lipinski definition) is 4. The molecule has 3 nitrogen and oxygen atoms in total. The molecule has 2 aromatic rings. The third-order valence-electron chi connectivity index (χ3n) is 2.42. The van der Waals surface area contributed by atoms with Crippen LogP contribution in [-0.2, 0) is 10.9 Å². The zero-order valence-corrected chi connectivity index (χ0v) is 12.4. The summed E-state index contributed by atoms with van der Waals surface area (Å²) in [5.74, 6) is -0.682. The first-order valence-corrected chi connectivity index (χ1v) is 6.91. The predicted octanol–water partition coefficient (Wildman–Crippen LogP) is 4.38. The number of hydrogen-bond donors (Lipinski definition) is 0. The quantitative estimate of drug-likeness (QED) is 0.741. The molecule has 0 aliphatic rings. The van der Waals surface area contributed by atoms with Gasteiger partial charge in [0.25, 0.3) is 0 Å². The fourth-order valence-electron chi connectivity index (χ4n) is 1.53. The molecule has 0 aliphatic heterocycles. The summed E-state index contributed by atoms with van der Waals surface area (Å²) >= 11 is 3.97. The van der Waals surface area contributed by atoms with Crippen molar-refractivity contribution in [2.45, 2.75) is 6.18 Å². The van der Waals surface area contributed by atoms with E-state index in [-0.39, 0.29) is 16.3 Å². The van der Waals surface area contributed by atoms with Crippen molar-refractivity contribution < 1.29 is 22.7 Å². The lowest BCUT2D eigenvalue weighted by molar-refractivity contribution is -0.137. The van der Waals surface area contributed by atoms with Crippen molar-refractivity contribution in [1.29, 1.82) is 0 Å². The van der Waals surface area contributed by atoms with E-state index in [9.17, 15) is 18.0 Å². The highest BCUT2D eigenvalue weighted by atomic mass is 79.9. The first kappa shape index (κ1) is 15.0. The van der Waals surface area contributed by atoms with E-state index in [2.05, 4.69) is 25.7 Å². The molecule has 1 aromatic heterocycles. The van der Waals surface area contributed by atoms with Crippen molar-refractivity contribution in [3.8, 4) is 10.6 Å². The van der Waals surface area contributed by atoms with Gasteiger partial charge in [0.2, 0.25) is 0 Å². The van der Waals surface area contributed by atoms with Crippen LogP contribution in [0.3, 0.4) is 0 Å². The van der Waals surface area contributed by atoms with Gasteiger partial charge in [0.15, 0.2) is 5.69 Å². The van der Waals surface area contributed by atoms with Crippen LogP contribution in [0.1, 0.15) is 16.1 Å². The Balaban J connectivity index is 2.53. The Hall–Kier alpha value is -1.41. The molecule has 0 atom stereocenters. The van der Waals surface area contributed by atoms with Crippen LogP contribution in [0.15, 0.2) is 28.1 Å². The van der Waals surface area contributed by atoms with Crippen LogP contribution >= 0.6 is 27.3 Å². The molecule has 2 rings (SSSR count). The largest absolute Gasteiger partial charge is 0.464 e. The lowest BCUT2D eigenvalue weighted by Gasteiger charge is -2.11. The van der Waals surface area contributed by atoms with Crippen molar-refractivity contribution in [1.82, 2.24) is 4.98 Å². The number of nitrogens with zero attached hydrogens (tertiary/aromatic N) is 1. The molecule has 0 saturated carbocycles. The minimum atomic E-state index is -4.50. The van der Waals surface area contributed by atoms with Crippen LogP contribution in [0.2, 0.25) is 0 Å². The number of thiazole rings is 1. The van der Waals surface area contributed by atoms with E-state index in [4.69, 9.17) is 0 Å². The van der Waals surface area contributed by atoms with Crippen LogP contribution in [0.25, 0.3) is 10.6 Å². The maximum Gasteiger partial charge on any atom is 0.417 e. The molecule has 20 heavy (non-hydrogen) atoms. The zero-order valence-electron chi connectivity index (χ0n) is 9.99. The number of benzene rings is 1. The molecule has 1 aromatic carbocycles. The van der Waals surface area contributed by atoms with E-state index in [1.165, 1.54) is 24.6 Å². The summed E-state index contributed by atoms with van der Waals surface area (Å²) in [5.41, 5.74) is -0.887. The van der Waals surface area contributed by atoms with Crippen LogP contribution in [0.5, 0.6) is 0 Å². The van der Waals surface area contributed by atoms with Gasteiger partial charge in [0, 0.05) is 15.4 Å². The minimum Gasteiger partial charge on any atom is -0.464 e. The Morgan fingerprint density at radius 1 is 1.40 bits per heavy atom. The van der Waals surface area contributed by atoms with E-state index >= 15 is 0 Å². The first-order valence-electron chi connectivity index (χ1n) is 5.24. The summed E-state index contributed by atoms with van der Waals surface area (Å²) in [6.07, 6.45) is -4.50. The molecule has 0 unspecified atom stereocenters. The average molecular weight is 366 g/mol. The molecule has 0 amide bonds. The highest BCUT2D eigenvalue weighted by Crippen LogP contribution is 2.39. The van der Waals surface area contributed by atoms with Gasteiger partial charge in [-0.1, -0.05) is 22.0 Å². The third-order valence-corrected chi connectivity index (χ3v) is 3.78. The molecular weight excluding hydrogens is 359 g/mol. The summed E-state index contributed by atoms with van der Waals surface area (Å²) in [7, 11) is 1.18. The molecule has 0 bridgehead atoms. The highest BCUT2D eigenvalue weighted by Gasteiger charge is 2.34. The van der Waals surface area contributed by atoms with Gasteiger partial charge in [0.1, 0.15) is 5.01 Å². The van der Waals surface area contributed by atoms with Gasteiger partial charge >= 0.3 is 12.1 Å². The number of carbonyl (C=O) groups is 1. The van der Waals surface area contributed by atoms with E-state index < -0.39 is 17.7 Å². The van der Waals surface area contributed by atoms with Gasteiger partial charge in [-0.25, -0.2) is 9.78 Å². The van der Waals surface area contributed by atoms with Crippen LogP contribution in [0.4, 0.5) is 13.2 Å². The van der Waals surface area contributed by atoms with E-state index in [0.29, 0.717) is 4.47 Å². The summed E-state index contributed by atoms with van der Waals surface area (Å²) in [5, 5.41) is 1.48. The monoisotopic (exact) mass is 365 g/mol. The maximum absolute atomic E-state index is 13.0. The molecule has 0 radical (unpaired) electrons. The van der Waals surface area contributed by atoms with Crippen molar-refractivity contribution >= 4 is 33.2 Å². The molecule has 106 valence electrons. The molecule has 1 heterocycles. The second-order valence-corrected chi connectivity index (χ2v) is 5.49. The number of ether oxygens (including phenoxy) is 1. The van der Waals surface area contributed by atoms with Gasteiger partial charge in [-0.2, -0.15) is 13.2 Å². The minimum absolute atomic E-state index is 0.0106. The standard InChI is InChI=1S/C12H7BrF3NO2S/c1-19-11(18)9-5-20-10(17-9)7-3-2-6(13)4-8(7)12(14,15)16/h2-5H,1H3. The number of rotatable bonds is 2. The Morgan fingerprint density at radius 3 is 2.70 bits per heavy atom. The summed E-state index contributed by atoms with van der Waals surface area (Å²) < 4.78 is 43.8. The van der Waals surface area contributed by atoms with Crippen LogP contribution in [0, 0.1) is 0 Å². The van der Waals surface area contributed by atoms with Gasteiger partial charge < -0.3 is 4.74 Å². The molecule has 0 spiro atoms. The molecule has 0 fully saturated rings. The smallest absolute Gasteiger partial charge is 0.417 e. The Morgan fingerprint density at radius 2 is 2.10 bits per heavy atom. The van der Waals surface area contributed by atoms with Gasteiger partial charge in [0.05, 0.1) is 12.7 Å². The van der Waals surface area contributed by atoms with Gasteiger partial charge in [-0.15, -0.1) is 11.3 Å². The summed E-state index contributed by atoms with van der Waals surface area (Å²) in [6.45, 7) is 0. The number of aromatic nitrogens is 1. The van der Waals surface area contributed by atoms with Crippen LogP contribution < -0.4 is 0 Å². The number of carbonyl (C=O) groups excluding carboxylic acids is 1. The summed E-state index contributed by atoms with van der Waals surface area (Å²) in [6, 6.07) is 3.78. The molecule has 0 saturated heterocycles. The van der Waals surface area contributed by atoms with E-state index in [1.807, 2.05) is 0 Å². The molecular formula is C12H7BrF3NO2S. The maximum atomic E-state index is 13.0. The number of methoxy groups -OCH3 is 1. The van der Waals surface area contributed by atoms with Gasteiger partial charge in [-0.05, 0) is 12.1 Å². The first-order chi connectivity index (χ1) is 9.32. The fraction of sp³-hybridized carbons (Fsp3) is 0.167. The lowest BCUT2D eigenvalue weighted by atomic mass is 10.1. The second kappa shape index (κ2) is 5.53. The van der Waals surface area contributed by atoms with Crippen molar-refractivity contribution in [3.63, 3.8) is 0 Å². The molecule has 8 heteroatoms. The SMILES string of the molecule is COC(=O)c1csc(-c2ccc(Br)cc2C(F)(F)F)n1. The van der Waals surface area contributed by atoms with Crippen LogP contribution in [-0.4, -0.2) is 18.1 Å². The Bertz CT molecular complexity index is 654. The number of alkyl halides is 3. The number of halogens is 4. The lowest BCUT2D eigenvalue weighted by Crippen LogP contribution is -2.07.